The average Bonchev–Trinajstić information content (AvgIpc) is 3.05. The van der Waals surface area contributed by atoms with Crippen LogP contribution in [0, 0.1) is 0 Å². The van der Waals surface area contributed by atoms with Crippen LogP contribution in [-0.4, -0.2) is 14.5 Å². The first-order chi connectivity index (χ1) is 11.8. The van der Waals surface area contributed by atoms with E-state index in [0.29, 0.717) is 0 Å². The van der Waals surface area contributed by atoms with E-state index in [1.165, 1.54) is 17.1 Å². The summed E-state index contributed by atoms with van der Waals surface area (Å²) in [6, 6.07) is 22.3. The van der Waals surface area contributed by atoms with E-state index in [-0.39, 0.29) is 5.88 Å². The molecule has 3 nitrogen and oxygen atoms in total. The van der Waals surface area contributed by atoms with Crippen LogP contribution in [-0.2, 0) is 0 Å². The van der Waals surface area contributed by atoms with E-state index in [0.717, 1.165) is 27.1 Å². The summed E-state index contributed by atoms with van der Waals surface area (Å²) in [6.45, 7) is 0. The van der Waals surface area contributed by atoms with Crippen molar-refractivity contribution in [3.8, 4) is 38.6 Å². The predicted octanol–water partition coefficient (Wildman–Crippen LogP) is 5.24. The molecule has 0 atom stereocenters. The van der Waals surface area contributed by atoms with Gasteiger partial charge in [0.2, 0.25) is 5.88 Å². The average molecular weight is 330 g/mol. The SMILES string of the molecule is Oc1nsc(-c2ccncc2)c1-c1ccc(-c2ccccc2)cc1. The first kappa shape index (κ1) is 14.6. The van der Waals surface area contributed by atoms with E-state index >= 15 is 0 Å². The zero-order valence-electron chi connectivity index (χ0n) is 12.8. The number of hydrogen-bond acceptors (Lipinski definition) is 4. The number of rotatable bonds is 3. The van der Waals surface area contributed by atoms with Crippen molar-refractivity contribution in [3.05, 3.63) is 79.1 Å². The van der Waals surface area contributed by atoms with Gasteiger partial charge in [-0.05, 0) is 45.9 Å². The Hall–Kier alpha value is -2.98. The van der Waals surface area contributed by atoms with Gasteiger partial charge in [-0.15, -0.1) is 0 Å². The molecule has 0 amide bonds. The minimum Gasteiger partial charge on any atom is -0.492 e. The lowest BCUT2D eigenvalue weighted by molar-refractivity contribution is 0.462. The Kier molecular flexibility index (Phi) is 3.81. The molecule has 0 saturated carbocycles. The zero-order valence-corrected chi connectivity index (χ0v) is 13.6. The number of benzene rings is 2. The van der Waals surface area contributed by atoms with E-state index < -0.39 is 0 Å². The van der Waals surface area contributed by atoms with E-state index in [9.17, 15) is 5.11 Å². The maximum absolute atomic E-state index is 10.2. The molecule has 0 spiro atoms. The van der Waals surface area contributed by atoms with Crippen molar-refractivity contribution in [1.29, 1.82) is 0 Å². The lowest BCUT2D eigenvalue weighted by atomic mass is 9.99. The van der Waals surface area contributed by atoms with E-state index in [2.05, 4.69) is 33.6 Å². The molecule has 0 bridgehead atoms. The van der Waals surface area contributed by atoms with Gasteiger partial charge in [0.1, 0.15) is 0 Å². The number of pyridine rings is 1. The van der Waals surface area contributed by atoms with Crippen LogP contribution < -0.4 is 0 Å². The van der Waals surface area contributed by atoms with Crippen LogP contribution in [0.15, 0.2) is 79.1 Å². The van der Waals surface area contributed by atoms with Gasteiger partial charge in [0.25, 0.3) is 0 Å². The number of hydrogen-bond donors (Lipinski definition) is 1. The summed E-state index contributed by atoms with van der Waals surface area (Å²) < 4.78 is 4.13. The fourth-order valence-electron chi connectivity index (χ4n) is 2.70. The van der Waals surface area contributed by atoms with Crippen LogP contribution in [0.2, 0.25) is 0 Å². The molecule has 0 aliphatic carbocycles. The lowest BCUT2D eigenvalue weighted by Gasteiger charge is -2.06. The van der Waals surface area contributed by atoms with Gasteiger partial charge in [-0.1, -0.05) is 54.6 Å². The predicted molar refractivity (Wildman–Crippen MR) is 97.9 cm³/mol. The molecule has 0 unspecified atom stereocenters. The molecule has 4 heteroatoms. The zero-order chi connectivity index (χ0) is 16.4. The van der Waals surface area contributed by atoms with Gasteiger partial charge in [0.05, 0.1) is 10.4 Å². The second-order valence-corrected chi connectivity index (χ2v) is 6.16. The Morgan fingerprint density at radius 3 is 2.00 bits per heavy atom. The molecule has 0 aliphatic heterocycles. The van der Waals surface area contributed by atoms with Crippen LogP contribution in [0.4, 0.5) is 0 Å². The number of aromatic nitrogens is 2. The fraction of sp³-hybridized carbons (Fsp3) is 0. The Labute approximate surface area is 144 Å². The van der Waals surface area contributed by atoms with Crippen molar-refractivity contribution in [2.24, 2.45) is 0 Å². The molecule has 0 saturated heterocycles. The van der Waals surface area contributed by atoms with Crippen molar-refractivity contribution in [1.82, 2.24) is 9.36 Å². The molecule has 2 heterocycles. The molecule has 0 radical (unpaired) electrons. The third-order valence-electron chi connectivity index (χ3n) is 3.90. The molecule has 4 aromatic rings. The van der Waals surface area contributed by atoms with Crippen molar-refractivity contribution in [3.63, 3.8) is 0 Å². The smallest absolute Gasteiger partial charge is 0.231 e. The minimum atomic E-state index is 0.0688. The highest BCUT2D eigenvalue weighted by Crippen LogP contribution is 2.41. The van der Waals surface area contributed by atoms with Crippen molar-refractivity contribution < 1.29 is 5.11 Å². The molecule has 0 aliphatic rings. The number of nitrogens with zero attached hydrogens (tertiary/aromatic N) is 2. The minimum absolute atomic E-state index is 0.0688. The molecule has 24 heavy (non-hydrogen) atoms. The van der Waals surface area contributed by atoms with Gasteiger partial charge in [-0.2, -0.15) is 4.37 Å². The summed E-state index contributed by atoms with van der Waals surface area (Å²) in [5.41, 5.74) is 5.04. The first-order valence-corrected chi connectivity index (χ1v) is 8.35. The number of aromatic hydroxyl groups is 1. The van der Waals surface area contributed by atoms with Crippen LogP contribution in [0.3, 0.4) is 0 Å². The Morgan fingerprint density at radius 1 is 0.667 bits per heavy atom. The van der Waals surface area contributed by atoms with Gasteiger partial charge in [-0.3, -0.25) is 4.98 Å². The van der Waals surface area contributed by atoms with Gasteiger partial charge in [0.15, 0.2) is 0 Å². The van der Waals surface area contributed by atoms with Gasteiger partial charge in [0, 0.05) is 12.4 Å². The maximum atomic E-state index is 10.2. The highest BCUT2D eigenvalue weighted by molar-refractivity contribution is 7.10. The summed E-state index contributed by atoms with van der Waals surface area (Å²) >= 11 is 1.30. The Morgan fingerprint density at radius 2 is 1.29 bits per heavy atom. The lowest BCUT2D eigenvalue weighted by Crippen LogP contribution is -1.82. The Bertz CT molecular complexity index is 948. The second-order valence-electron chi connectivity index (χ2n) is 5.39. The molecular formula is C20H14N2OS. The van der Waals surface area contributed by atoms with E-state index in [1.807, 2.05) is 42.5 Å². The quantitative estimate of drug-likeness (QED) is 0.558. The molecule has 2 aromatic heterocycles. The second kappa shape index (κ2) is 6.26. The van der Waals surface area contributed by atoms with Gasteiger partial charge >= 0.3 is 0 Å². The topological polar surface area (TPSA) is 46.0 Å². The summed E-state index contributed by atoms with van der Waals surface area (Å²) in [5.74, 6) is 0.0688. The maximum Gasteiger partial charge on any atom is 0.231 e. The monoisotopic (exact) mass is 330 g/mol. The molecule has 2 aromatic carbocycles. The van der Waals surface area contributed by atoms with Crippen molar-refractivity contribution in [2.45, 2.75) is 0 Å². The highest BCUT2D eigenvalue weighted by atomic mass is 32.1. The molecule has 116 valence electrons. The van der Waals surface area contributed by atoms with Crippen molar-refractivity contribution >= 4 is 11.5 Å². The van der Waals surface area contributed by atoms with E-state index in [1.54, 1.807) is 12.4 Å². The van der Waals surface area contributed by atoms with Crippen LogP contribution >= 0.6 is 11.5 Å². The van der Waals surface area contributed by atoms with Gasteiger partial charge in [-0.25, -0.2) is 0 Å². The normalized spacial score (nSPS) is 10.7. The first-order valence-electron chi connectivity index (χ1n) is 7.58. The third-order valence-corrected chi connectivity index (χ3v) is 4.78. The summed E-state index contributed by atoms with van der Waals surface area (Å²) in [6.07, 6.45) is 3.49. The molecular weight excluding hydrogens is 316 g/mol. The van der Waals surface area contributed by atoms with Gasteiger partial charge < -0.3 is 5.11 Å². The standard InChI is InChI=1S/C20H14N2OS/c23-20-18(19(24-22-20)17-10-12-21-13-11-17)16-8-6-15(7-9-16)14-4-2-1-3-5-14/h1-13H,(H,22,23). The largest absolute Gasteiger partial charge is 0.492 e. The van der Waals surface area contributed by atoms with Crippen LogP contribution in [0.25, 0.3) is 32.7 Å². The summed E-state index contributed by atoms with van der Waals surface area (Å²) in [5, 5.41) is 10.2. The van der Waals surface area contributed by atoms with Crippen LogP contribution in [0.5, 0.6) is 5.88 Å². The molecule has 1 N–H and O–H groups in total. The molecule has 4 rings (SSSR count). The Balaban J connectivity index is 1.76. The molecule has 0 fully saturated rings. The van der Waals surface area contributed by atoms with Crippen LogP contribution in [0.1, 0.15) is 0 Å². The third kappa shape index (κ3) is 2.68. The highest BCUT2D eigenvalue weighted by Gasteiger charge is 2.16. The van der Waals surface area contributed by atoms with E-state index in [4.69, 9.17) is 0 Å². The summed E-state index contributed by atoms with van der Waals surface area (Å²) in [4.78, 5) is 4.99. The van der Waals surface area contributed by atoms with Crippen molar-refractivity contribution in [2.75, 3.05) is 0 Å². The summed E-state index contributed by atoms with van der Waals surface area (Å²) in [7, 11) is 0. The fourth-order valence-corrected chi connectivity index (χ4v) is 3.51.